The van der Waals surface area contributed by atoms with E-state index in [1.54, 1.807) is 36.1 Å². The molecular formula is C19H19F3N6O3. The molecule has 1 unspecified atom stereocenters. The van der Waals surface area contributed by atoms with Crippen LogP contribution < -0.4 is 0 Å². The minimum atomic E-state index is -4.68. The van der Waals surface area contributed by atoms with Crippen molar-refractivity contribution in [2.75, 3.05) is 19.7 Å². The molecule has 12 heteroatoms. The fourth-order valence-corrected chi connectivity index (χ4v) is 3.44. The highest BCUT2D eigenvalue weighted by atomic mass is 19.4. The number of alkyl halides is 3. The number of imidazole rings is 1. The molecule has 0 spiro atoms. The monoisotopic (exact) mass is 436 g/mol. The van der Waals surface area contributed by atoms with Crippen LogP contribution in [0.4, 0.5) is 13.2 Å². The molecule has 0 aliphatic carbocycles. The molecule has 3 aromatic heterocycles. The maximum absolute atomic E-state index is 14.1. The first kappa shape index (κ1) is 21.0. The SMILES string of the molecule is Cn1ccnc1COCC(=O)N1CCC(c2nc(-c3ccncc3)no2)(C(F)(F)F)C1. The number of rotatable bonds is 6. The van der Waals surface area contributed by atoms with Gasteiger partial charge < -0.3 is 18.7 Å². The van der Waals surface area contributed by atoms with Crippen molar-refractivity contribution < 1.29 is 27.2 Å². The van der Waals surface area contributed by atoms with Crippen molar-refractivity contribution in [2.45, 2.75) is 24.6 Å². The zero-order chi connectivity index (χ0) is 22.1. The summed E-state index contributed by atoms with van der Waals surface area (Å²) in [7, 11) is 1.77. The summed E-state index contributed by atoms with van der Waals surface area (Å²) in [4.78, 5) is 25.5. The lowest BCUT2D eigenvalue weighted by atomic mass is 9.86. The van der Waals surface area contributed by atoms with Gasteiger partial charge in [0.15, 0.2) is 5.41 Å². The Bertz CT molecular complexity index is 1050. The number of aromatic nitrogens is 5. The molecule has 1 atom stereocenters. The molecule has 0 aromatic carbocycles. The van der Waals surface area contributed by atoms with Gasteiger partial charge in [-0.1, -0.05) is 5.16 Å². The van der Waals surface area contributed by atoms with Gasteiger partial charge in [-0.25, -0.2) is 4.98 Å². The Kier molecular flexibility index (Phi) is 5.48. The molecule has 4 heterocycles. The Morgan fingerprint density at radius 3 is 2.74 bits per heavy atom. The van der Waals surface area contributed by atoms with Crippen LogP contribution >= 0.6 is 0 Å². The summed E-state index contributed by atoms with van der Waals surface area (Å²) >= 11 is 0. The summed E-state index contributed by atoms with van der Waals surface area (Å²) in [5.41, 5.74) is -1.95. The van der Waals surface area contributed by atoms with E-state index in [1.165, 1.54) is 12.4 Å². The zero-order valence-corrected chi connectivity index (χ0v) is 16.5. The lowest BCUT2D eigenvalue weighted by molar-refractivity contribution is -0.194. The van der Waals surface area contributed by atoms with Gasteiger partial charge in [0.25, 0.3) is 0 Å². The number of halogens is 3. The van der Waals surface area contributed by atoms with Crippen LogP contribution in [0.25, 0.3) is 11.4 Å². The number of carbonyl (C=O) groups is 1. The standard InChI is InChI=1S/C19H19F3N6O3/c1-27-9-7-24-14(27)10-30-11-15(29)28-8-4-18(12-28,19(20,21)22)17-25-16(26-31-17)13-2-5-23-6-3-13/h2-3,5-7,9H,4,8,10-12H2,1H3. The predicted molar refractivity (Wildman–Crippen MR) is 99.3 cm³/mol. The number of hydrogen-bond donors (Lipinski definition) is 0. The van der Waals surface area contributed by atoms with Crippen LogP contribution in [0.5, 0.6) is 0 Å². The molecule has 31 heavy (non-hydrogen) atoms. The highest BCUT2D eigenvalue weighted by Gasteiger charge is 2.63. The molecule has 0 radical (unpaired) electrons. The Morgan fingerprint density at radius 1 is 1.29 bits per heavy atom. The Morgan fingerprint density at radius 2 is 2.06 bits per heavy atom. The molecule has 0 bridgehead atoms. The van der Waals surface area contributed by atoms with Gasteiger partial charge in [0.05, 0.1) is 0 Å². The van der Waals surface area contributed by atoms with Crippen molar-refractivity contribution in [3.8, 4) is 11.4 Å². The number of likely N-dealkylation sites (tertiary alicyclic amines) is 1. The molecule has 9 nitrogen and oxygen atoms in total. The van der Waals surface area contributed by atoms with Crippen LogP contribution in [0.2, 0.25) is 0 Å². The van der Waals surface area contributed by atoms with Gasteiger partial charge >= 0.3 is 6.18 Å². The molecule has 1 aliphatic rings. The molecule has 164 valence electrons. The topological polar surface area (TPSA) is 99.2 Å². The third-order valence-electron chi connectivity index (χ3n) is 5.32. The molecule has 4 rings (SSSR count). The van der Waals surface area contributed by atoms with E-state index in [0.717, 1.165) is 4.90 Å². The summed E-state index contributed by atoms with van der Waals surface area (Å²) in [5, 5.41) is 3.69. The van der Waals surface area contributed by atoms with Gasteiger partial charge in [-0.05, 0) is 18.6 Å². The van der Waals surface area contributed by atoms with Gasteiger partial charge in [-0.15, -0.1) is 0 Å². The predicted octanol–water partition coefficient (Wildman–Crippen LogP) is 2.11. The highest BCUT2D eigenvalue weighted by Crippen LogP contribution is 2.47. The van der Waals surface area contributed by atoms with E-state index in [1.807, 2.05) is 0 Å². The zero-order valence-electron chi connectivity index (χ0n) is 16.5. The fraction of sp³-hybridized carbons (Fsp3) is 0.421. The van der Waals surface area contributed by atoms with Crippen LogP contribution in [0, 0.1) is 0 Å². The van der Waals surface area contributed by atoms with Crippen molar-refractivity contribution in [3.63, 3.8) is 0 Å². The lowest BCUT2D eigenvalue weighted by Gasteiger charge is -2.27. The van der Waals surface area contributed by atoms with Gasteiger partial charge in [0, 0.05) is 50.5 Å². The van der Waals surface area contributed by atoms with Gasteiger partial charge in [-0.3, -0.25) is 9.78 Å². The molecule has 0 N–H and O–H groups in total. The highest BCUT2D eigenvalue weighted by molar-refractivity contribution is 5.78. The summed E-state index contributed by atoms with van der Waals surface area (Å²) in [5.74, 6) is -0.470. The third kappa shape index (κ3) is 4.02. The quantitative estimate of drug-likeness (QED) is 0.584. The lowest BCUT2D eigenvalue weighted by Crippen LogP contribution is -2.46. The van der Waals surface area contributed by atoms with E-state index in [2.05, 4.69) is 20.1 Å². The van der Waals surface area contributed by atoms with E-state index in [-0.39, 0.29) is 32.0 Å². The molecule has 1 saturated heterocycles. The van der Waals surface area contributed by atoms with Crippen molar-refractivity contribution in [1.82, 2.24) is 29.6 Å². The molecule has 3 aromatic rings. The maximum atomic E-state index is 14.1. The van der Waals surface area contributed by atoms with E-state index < -0.39 is 29.9 Å². The van der Waals surface area contributed by atoms with Crippen molar-refractivity contribution in [1.29, 1.82) is 0 Å². The fourth-order valence-electron chi connectivity index (χ4n) is 3.44. The van der Waals surface area contributed by atoms with E-state index in [9.17, 15) is 18.0 Å². The van der Waals surface area contributed by atoms with Crippen molar-refractivity contribution >= 4 is 5.91 Å². The van der Waals surface area contributed by atoms with E-state index in [0.29, 0.717) is 11.4 Å². The van der Waals surface area contributed by atoms with Gasteiger partial charge in [0.1, 0.15) is 19.0 Å². The number of ether oxygens (including phenoxy) is 1. The average molecular weight is 436 g/mol. The second-order valence-electron chi connectivity index (χ2n) is 7.25. The van der Waals surface area contributed by atoms with Crippen molar-refractivity contribution in [3.05, 3.63) is 48.6 Å². The van der Waals surface area contributed by atoms with Crippen LogP contribution in [0.3, 0.4) is 0 Å². The Hall–Kier alpha value is -3.28. The summed E-state index contributed by atoms with van der Waals surface area (Å²) in [6.45, 7) is -0.991. The number of carbonyl (C=O) groups excluding carboxylic acids is 1. The second-order valence-corrected chi connectivity index (χ2v) is 7.25. The normalized spacial score (nSPS) is 19.2. The third-order valence-corrected chi connectivity index (χ3v) is 5.32. The van der Waals surface area contributed by atoms with Crippen LogP contribution in [0.15, 0.2) is 41.4 Å². The molecule has 1 fully saturated rings. The van der Waals surface area contributed by atoms with Crippen molar-refractivity contribution in [2.24, 2.45) is 7.05 Å². The molecule has 1 amide bonds. The minimum absolute atomic E-state index is 0.0317. The van der Waals surface area contributed by atoms with Gasteiger partial charge in [-0.2, -0.15) is 18.2 Å². The second kappa shape index (κ2) is 8.10. The maximum Gasteiger partial charge on any atom is 0.405 e. The summed E-state index contributed by atoms with van der Waals surface area (Å²) < 4.78 is 54.4. The number of nitrogens with zero attached hydrogens (tertiary/aromatic N) is 6. The van der Waals surface area contributed by atoms with Gasteiger partial charge in [0.2, 0.25) is 17.6 Å². The smallest absolute Gasteiger partial charge is 0.364 e. The van der Waals surface area contributed by atoms with Crippen LogP contribution in [-0.2, 0) is 28.6 Å². The summed E-state index contributed by atoms with van der Waals surface area (Å²) in [6, 6.07) is 3.14. The minimum Gasteiger partial charge on any atom is -0.364 e. The summed E-state index contributed by atoms with van der Waals surface area (Å²) in [6.07, 6.45) is 1.21. The number of amides is 1. The molecule has 0 saturated carbocycles. The van der Waals surface area contributed by atoms with Crippen LogP contribution in [0.1, 0.15) is 18.1 Å². The number of hydrogen-bond acceptors (Lipinski definition) is 7. The Labute approximate surface area is 174 Å². The largest absolute Gasteiger partial charge is 0.405 e. The first-order chi connectivity index (χ1) is 14.8. The molecule has 1 aliphatic heterocycles. The first-order valence-corrected chi connectivity index (χ1v) is 9.43. The van der Waals surface area contributed by atoms with E-state index >= 15 is 0 Å². The average Bonchev–Trinajstić information content (AvgIpc) is 3.48. The Balaban J connectivity index is 1.47. The first-order valence-electron chi connectivity index (χ1n) is 9.43. The number of pyridine rings is 1. The number of aryl methyl sites for hydroxylation is 1. The van der Waals surface area contributed by atoms with E-state index in [4.69, 9.17) is 9.26 Å². The van der Waals surface area contributed by atoms with Crippen LogP contribution in [-0.4, -0.2) is 61.4 Å². The molecular weight excluding hydrogens is 417 g/mol.